The van der Waals surface area contributed by atoms with E-state index in [2.05, 4.69) is 43.6 Å². The van der Waals surface area contributed by atoms with E-state index in [0.717, 1.165) is 24.5 Å². The van der Waals surface area contributed by atoms with Gasteiger partial charge in [-0.2, -0.15) is 4.98 Å². The number of aliphatic hydroxyl groups is 1. The van der Waals surface area contributed by atoms with Gasteiger partial charge in [0.15, 0.2) is 5.82 Å². The molecule has 8 heteroatoms. The molecule has 3 aromatic rings. The van der Waals surface area contributed by atoms with Crippen molar-refractivity contribution in [1.29, 1.82) is 0 Å². The molecule has 0 aliphatic carbocycles. The largest absolute Gasteiger partial charge is 0.396 e. The van der Waals surface area contributed by atoms with Crippen LogP contribution in [-0.2, 0) is 6.42 Å². The average Bonchev–Trinajstić information content (AvgIpc) is 2.74. The smallest absolute Gasteiger partial charge is 0.229 e. The van der Waals surface area contributed by atoms with E-state index in [-0.39, 0.29) is 18.7 Å². The number of aliphatic hydroxyl groups excluding tert-OH is 1. The Kier molecular flexibility index (Phi) is 5.62. The predicted octanol–water partition coefficient (Wildman–Crippen LogP) is 1.97. The molecule has 2 atom stereocenters. The third-order valence-electron chi connectivity index (χ3n) is 5.09. The molecule has 1 aliphatic rings. The Morgan fingerprint density at radius 2 is 1.72 bits per heavy atom. The molecule has 1 fully saturated rings. The summed E-state index contributed by atoms with van der Waals surface area (Å²) in [6, 6.07) is 12.3. The number of hydrogen-bond acceptors (Lipinski definition) is 8. The SMILES string of the molecule is C[C@@H]1CN(c2ccnc(CCO)n2)C[C@H](C)N1c1ncnc(-c2ccccc2)n1. The molecule has 0 unspecified atom stereocenters. The summed E-state index contributed by atoms with van der Waals surface area (Å²) in [5, 5.41) is 9.15. The van der Waals surface area contributed by atoms with Crippen molar-refractivity contribution in [3.63, 3.8) is 0 Å². The first-order chi connectivity index (χ1) is 14.2. The molecule has 8 nitrogen and oxygen atoms in total. The number of nitrogens with zero attached hydrogens (tertiary/aromatic N) is 7. The summed E-state index contributed by atoms with van der Waals surface area (Å²) in [7, 11) is 0. The lowest BCUT2D eigenvalue weighted by Gasteiger charge is -2.44. The number of anilines is 2. The molecule has 2 aromatic heterocycles. The highest BCUT2D eigenvalue weighted by Gasteiger charge is 2.32. The maximum absolute atomic E-state index is 9.15. The molecule has 0 radical (unpaired) electrons. The molecule has 1 aromatic carbocycles. The predicted molar refractivity (Wildman–Crippen MR) is 112 cm³/mol. The molecule has 1 N–H and O–H groups in total. The summed E-state index contributed by atoms with van der Waals surface area (Å²) in [6.07, 6.45) is 3.81. The van der Waals surface area contributed by atoms with Gasteiger partial charge in [0.25, 0.3) is 0 Å². The fourth-order valence-electron chi connectivity index (χ4n) is 3.83. The molecule has 150 valence electrons. The van der Waals surface area contributed by atoms with Crippen LogP contribution in [0.5, 0.6) is 0 Å². The van der Waals surface area contributed by atoms with Gasteiger partial charge in [0, 0.05) is 43.4 Å². The summed E-state index contributed by atoms with van der Waals surface area (Å²) in [4.78, 5) is 26.9. The first-order valence-electron chi connectivity index (χ1n) is 9.86. The summed E-state index contributed by atoms with van der Waals surface area (Å²) in [6.45, 7) is 5.99. The fraction of sp³-hybridized carbons (Fsp3) is 0.381. The molecule has 0 bridgehead atoms. The lowest BCUT2D eigenvalue weighted by molar-refractivity contribution is 0.296. The van der Waals surface area contributed by atoms with Crippen molar-refractivity contribution in [1.82, 2.24) is 24.9 Å². The molecular weight excluding hydrogens is 366 g/mol. The molecule has 4 rings (SSSR count). The number of hydrogen-bond donors (Lipinski definition) is 1. The van der Waals surface area contributed by atoms with Crippen molar-refractivity contribution >= 4 is 11.8 Å². The van der Waals surface area contributed by atoms with Gasteiger partial charge in [0.1, 0.15) is 18.0 Å². The van der Waals surface area contributed by atoms with E-state index in [1.165, 1.54) is 0 Å². The molecule has 1 saturated heterocycles. The van der Waals surface area contributed by atoms with Gasteiger partial charge >= 0.3 is 0 Å². The maximum Gasteiger partial charge on any atom is 0.229 e. The maximum atomic E-state index is 9.15. The standard InChI is InChI=1S/C21H25N7O/c1-15-12-27(19-8-10-22-18(25-19)9-11-29)13-16(2)28(15)21-24-14-23-20(26-21)17-6-4-3-5-7-17/h3-8,10,14-16,29H,9,11-13H2,1-2H3/t15-,16+. The van der Waals surface area contributed by atoms with Crippen molar-refractivity contribution in [2.24, 2.45) is 0 Å². The quantitative estimate of drug-likeness (QED) is 0.706. The minimum atomic E-state index is 0.0488. The Bertz CT molecular complexity index is 941. The fourth-order valence-corrected chi connectivity index (χ4v) is 3.83. The molecule has 29 heavy (non-hydrogen) atoms. The molecular formula is C21H25N7O. The molecule has 0 saturated carbocycles. The van der Waals surface area contributed by atoms with Gasteiger partial charge in [-0.3, -0.25) is 0 Å². The summed E-state index contributed by atoms with van der Waals surface area (Å²) in [5.41, 5.74) is 0.979. The van der Waals surface area contributed by atoms with Crippen LogP contribution in [0.4, 0.5) is 11.8 Å². The zero-order valence-corrected chi connectivity index (χ0v) is 16.7. The third kappa shape index (κ3) is 4.17. The van der Waals surface area contributed by atoms with E-state index in [1.54, 1.807) is 12.5 Å². The lowest BCUT2D eigenvalue weighted by Crippen LogP contribution is -2.57. The van der Waals surface area contributed by atoms with E-state index in [4.69, 9.17) is 10.1 Å². The van der Waals surface area contributed by atoms with Gasteiger partial charge < -0.3 is 14.9 Å². The normalized spacial score (nSPS) is 19.4. The van der Waals surface area contributed by atoms with E-state index in [9.17, 15) is 0 Å². The second-order valence-corrected chi connectivity index (χ2v) is 7.29. The Labute approximate surface area is 170 Å². The topological polar surface area (TPSA) is 91.2 Å². The van der Waals surface area contributed by atoms with Gasteiger partial charge in [-0.05, 0) is 19.9 Å². The van der Waals surface area contributed by atoms with Crippen LogP contribution in [0.15, 0.2) is 48.9 Å². The minimum Gasteiger partial charge on any atom is -0.396 e. The summed E-state index contributed by atoms with van der Waals surface area (Å²) in [5.74, 6) is 2.93. The van der Waals surface area contributed by atoms with Crippen LogP contribution in [0, 0.1) is 0 Å². The van der Waals surface area contributed by atoms with Gasteiger partial charge in [0.05, 0.1) is 6.61 Å². The van der Waals surface area contributed by atoms with Crippen molar-refractivity contribution < 1.29 is 5.11 Å². The van der Waals surface area contributed by atoms with Gasteiger partial charge in [-0.1, -0.05) is 30.3 Å². The summed E-state index contributed by atoms with van der Waals surface area (Å²) < 4.78 is 0. The zero-order valence-electron chi connectivity index (χ0n) is 16.7. The van der Waals surface area contributed by atoms with Gasteiger partial charge in [0.2, 0.25) is 5.95 Å². The van der Waals surface area contributed by atoms with Crippen LogP contribution < -0.4 is 9.80 Å². The highest BCUT2D eigenvalue weighted by atomic mass is 16.3. The van der Waals surface area contributed by atoms with Crippen molar-refractivity contribution in [3.05, 3.63) is 54.7 Å². The second-order valence-electron chi connectivity index (χ2n) is 7.29. The summed E-state index contributed by atoms with van der Waals surface area (Å²) >= 11 is 0. The molecule has 3 heterocycles. The second kappa shape index (κ2) is 8.48. The Hall–Kier alpha value is -3.13. The average molecular weight is 391 g/mol. The Morgan fingerprint density at radius 1 is 0.966 bits per heavy atom. The van der Waals surface area contributed by atoms with Crippen LogP contribution >= 0.6 is 0 Å². The van der Waals surface area contributed by atoms with Crippen molar-refractivity contribution in [3.8, 4) is 11.4 Å². The number of benzene rings is 1. The van der Waals surface area contributed by atoms with Crippen LogP contribution in [-0.4, -0.2) is 61.8 Å². The van der Waals surface area contributed by atoms with Crippen molar-refractivity contribution in [2.45, 2.75) is 32.4 Å². The van der Waals surface area contributed by atoms with Crippen LogP contribution in [0.1, 0.15) is 19.7 Å². The van der Waals surface area contributed by atoms with E-state index < -0.39 is 0 Å². The molecule has 1 aliphatic heterocycles. The van der Waals surface area contributed by atoms with E-state index in [0.29, 0.717) is 24.0 Å². The molecule has 0 spiro atoms. The third-order valence-corrected chi connectivity index (χ3v) is 5.09. The Morgan fingerprint density at radius 3 is 2.45 bits per heavy atom. The Balaban J connectivity index is 1.55. The zero-order chi connectivity index (χ0) is 20.2. The monoisotopic (exact) mass is 391 g/mol. The van der Waals surface area contributed by atoms with E-state index >= 15 is 0 Å². The van der Waals surface area contributed by atoms with Crippen LogP contribution in [0.3, 0.4) is 0 Å². The van der Waals surface area contributed by atoms with Crippen LogP contribution in [0.2, 0.25) is 0 Å². The van der Waals surface area contributed by atoms with E-state index in [1.807, 2.05) is 36.4 Å². The van der Waals surface area contributed by atoms with Crippen LogP contribution in [0.25, 0.3) is 11.4 Å². The van der Waals surface area contributed by atoms with Gasteiger partial charge in [-0.25, -0.2) is 19.9 Å². The number of aromatic nitrogens is 5. The van der Waals surface area contributed by atoms with Crippen molar-refractivity contribution in [2.75, 3.05) is 29.5 Å². The highest BCUT2D eigenvalue weighted by Crippen LogP contribution is 2.25. The highest BCUT2D eigenvalue weighted by molar-refractivity contribution is 5.56. The van der Waals surface area contributed by atoms with Gasteiger partial charge in [-0.15, -0.1) is 0 Å². The lowest BCUT2D eigenvalue weighted by atomic mass is 10.1. The number of rotatable bonds is 5. The number of piperazine rings is 1. The minimum absolute atomic E-state index is 0.0488. The molecule has 0 amide bonds. The first-order valence-corrected chi connectivity index (χ1v) is 9.86. The first kappa shape index (κ1) is 19.2.